The Morgan fingerprint density at radius 2 is 1.95 bits per heavy atom. The van der Waals surface area contributed by atoms with Crippen LogP contribution in [0.5, 0.6) is 0 Å². The molecule has 5 heterocycles. The number of pyridine rings is 2. The molecule has 1 aliphatic carbocycles. The van der Waals surface area contributed by atoms with Crippen molar-refractivity contribution in [1.29, 1.82) is 0 Å². The molecule has 0 unspecified atom stereocenters. The number of H-pyrrole nitrogens is 2. The molecule has 1 aromatic carbocycles. The molecule has 1 fully saturated rings. The van der Waals surface area contributed by atoms with E-state index in [1.54, 1.807) is 25.5 Å². The minimum Gasteiger partial charge on any atom is -0.335 e. The van der Waals surface area contributed by atoms with E-state index in [0.29, 0.717) is 27.7 Å². The summed E-state index contributed by atoms with van der Waals surface area (Å²) in [6.45, 7) is 1.57. The molecule has 9 nitrogen and oxygen atoms in total. The molecular formula is C29H23N7O2S. The summed E-state index contributed by atoms with van der Waals surface area (Å²) in [6, 6.07) is 13.7. The highest BCUT2D eigenvalue weighted by Crippen LogP contribution is 2.35. The number of thiophene rings is 1. The smallest absolute Gasteiger partial charge is 0.227 e. The molecular weight excluding hydrogens is 510 g/mol. The quantitative estimate of drug-likeness (QED) is 0.218. The lowest BCUT2D eigenvalue weighted by atomic mass is 9.85. The monoisotopic (exact) mass is 533 g/mol. The van der Waals surface area contributed by atoms with Crippen LogP contribution in [0.2, 0.25) is 0 Å². The number of rotatable bonds is 6. The topological polar surface area (TPSA) is 129 Å². The largest absolute Gasteiger partial charge is 0.335 e. The Morgan fingerprint density at radius 1 is 1.05 bits per heavy atom. The zero-order valence-corrected chi connectivity index (χ0v) is 21.8. The number of imidazole rings is 1. The number of carbonyl (C=O) groups is 2. The molecule has 0 radical (unpaired) electrons. The second-order valence-electron chi connectivity index (χ2n) is 9.77. The van der Waals surface area contributed by atoms with Gasteiger partial charge in [0.15, 0.2) is 17.3 Å². The van der Waals surface area contributed by atoms with Gasteiger partial charge in [0.2, 0.25) is 5.91 Å². The van der Waals surface area contributed by atoms with Crippen molar-refractivity contribution in [2.45, 2.75) is 26.2 Å². The maximum absolute atomic E-state index is 12.4. The summed E-state index contributed by atoms with van der Waals surface area (Å²) >= 11 is 1.45. The molecule has 10 heteroatoms. The van der Waals surface area contributed by atoms with Crippen molar-refractivity contribution in [3.63, 3.8) is 0 Å². The summed E-state index contributed by atoms with van der Waals surface area (Å²) in [5.41, 5.74) is 6.37. The third-order valence-corrected chi connectivity index (χ3v) is 8.43. The normalized spacial score (nSPS) is 13.6. The van der Waals surface area contributed by atoms with Gasteiger partial charge < -0.3 is 10.3 Å². The van der Waals surface area contributed by atoms with Gasteiger partial charge in [0.25, 0.3) is 0 Å². The Kier molecular flexibility index (Phi) is 5.55. The highest BCUT2D eigenvalue weighted by Gasteiger charge is 2.25. The van der Waals surface area contributed by atoms with Crippen LogP contribution in [0, 0.1) is 5.92 Å². The number of amides is 1. The second-order valence-corrected chi connectivity index (χ2v) is 10.9. The first kappa shape index (κ1) is 23.4. The second kappa shape index (κ2) is 9.25. The van der Waals surface area contributed by atoms with Crippen molar-refractivity contribution >= 4 is 50.8 Å². The zero-order valence-electron chi connectivity index (χ0n) is 21.0. The van der Waals surface area contributed by atoms with Crippen molar-refractivity contribution < 1.29 is 9.59 Å². The molecule has 39 heavy (non-hydrogen) atoms. The van der Waals surface area contributed by atoms with Gasteiger partial charge >= 0.3 is 0 Å². The highest BCUT2D eigenvalue weighted by molar-refractivity contribution is 7.17. The Bertz CT molecular complexity index is 1900. The zero-order chi connectivity index (χ0) is 26.5. The summed E-state index contributed by atoms with van der Waals surface area (Å²) in [7, 11) is 0. The van der Waals surface area contributed by atoms with E-state index in [9.17, 15) is 9.59 Å². The van der Waals surface area contributed by atoms with Crippen LogP contribution < -0.4 is 5.32 Å². The molecule has 3 N–H and O–H groups in total. The molecule has 0 aliphatic heterocycles. The molecule has 0 spiro atoms. The van der Waals surface area contributed by atoms with Crippen LogP contribution in [-0.2, 0) is 4.79 Å². The lowest BCUT2D eigenvalue weighted by Gasteiger charge is -2.24. The van der Waals surface area contributed by atoms with E-state index in [2.05, 4.69) is 30.5 Å². The maximum atomic E-state index is 12.4. The average Bonchev–Trinajstić information content (AvgIpc) is 3.65. The molecule has 192 valence electrons. The Labute approximate surface area is 226 Å². The summed E-state index contributed by atoms with van der Waals surface area (Å²) in [5.74, 6) is 0.803. The van der Waals surface area contributed by atoms with Crippen molar-refractivity contribution in [1.82, 2.24) is 30.1 Å². The minimum atomic E-state index is 0.0436. The number of ketones is 1. The average molecular weight is 534 g/mol. The lowest BCUT2D eigenvalue weighted by molar-refractivity contribution is -0.122. The number of aromatic amines is 2. The van der Waals surface area contributed by atoms with E-state index >= 15 is 0 Å². The van der Waals surface area contributed by atoms with Gasteiger partial charge in [-0.1, -0.05) is 12.5 Å². The van der Waals surface area contributed by atoms with Gasteiger partial charge in [-0.25, -0.2) is 9.97 Å². The minimum absolute atomic E-state index is 0.0436. The molecule has 1 amide bonds. The van der Waals surface area contributed by atoms with Crippen LogP contribution in [0.15, 0.2) is 61.1 Å². The molecule has 0 saturated heterocycles. The Hall–Kier alpha value is -4.70. The van der Waals surface area contributed by atoms with Gasteiger partial charge in [-0.05, 0) is 61.7 Å². The summed E-state index contributed by atoms with van der Waals surface area (Å²) in [5, 5.41) is 11.6. The fraction of sp³-hybridized carbons (Fsp3) is 0.172. The lowest BCUT2D eigenvalue weighted by Crippen LogP contribution is -2.28. The number of nitrogens with one attached hydrogen (secondary N) is 3. The molecule has 1 aliphatic rings. The van der Waals surface area contributed by atoms with E-state index in [1.165, 1.54) is 11.3 Å². The first-order valence-corrected chi connectivity index (χ1v) is 13.6. The fourth-order valence-corrected chi connectivity index (χ4v) is 5.79. The molecule has 0 atom stereocenters. The van der Waals surface area contributed by atoms with Gasteiger partial charge in [-0.15, -0.1) is 11.3 Å². The first-order chi connectivity index (χ1) is 19.0. The van der Waals surface area contributed by atoms with Gasteiger partial charge in [0.05, 0.1) is 27.8 Å². The number of hydrogen-bond acceptors (Lipinski definition) is 7. The molecule has 1 saturated carbocycles. The van der Waals surface area contributed by atoms with Gasteiger partial charge in [-0.2, -0.15) is 5.10 Å². The summed E-state index contributed by atoms with van der Waals surface area (Å²) in [4.78, 5) is 42.9. The fourth-order valence-electron chi connectivity index (χ4n) is 4.86. The number of aromatic nitrogens is 6. The van der Waals surface area contributed by atoms with E-state index in [1.807, 2.05) is 42.5 Å². The van der Waals surface area contributed by atoms with Crippen LogP contribution in [0.3, 0.4) is 0 Å². The van der Waals surface area contributed by atoms with Crippen LogP contribution in [0.4, 0.5) is 5.69 Å². The van der Waals surface area contributed by atoms with Crippen LogP contribution in [0.1, 0.15) is 35.9 Å². The standard InChI is InChI=1S/C29H23N7O2S/c1-15(37)23-7-8-24(39-23)20-9-10-31-27-25(20)33-28(34-27)26-21-12-17(5-6-22(21)35-36-26)18-11-19(14-30-13-18)32-29(38)16-3-2-4-16/h5-14,16H,2-4H2,1H3,(H,32,38)(H,35,36)(H,31,33,34). The number of anilines is 1. The van der Waals surface area contributed by atoms with E-state index in [-0.39, 0.29) is 17.6 Å². The van der Waals surface area contributed by atoms with Crippen LogP contribution >= 0.6 is 11.3 Å². The number of hydrogen-bond donors (Lipinski definition) is 3. The van der Waals surface area contributed by atoms with Crippen molar-refractivity contribution in [2.24, 2.45) is 5.92 Å². The molecule has 6 aromatic rings. The Morgan fingerprint density at radius 3 is 2.74 bits per heavy atom. The number of carbonyl (C=O) groups excluding carboxylic acids is 2. The van der Waals surface area contributed by atoms with Crippen molar-refractivity contribution in [3.05, 3.63) is 65.9 Å². The Balaban J connectivity index is 1.25. The molecule has 0 bridgehead atoms. The van der Waals surface area contributed by atoms with Gasteiger partial charge in [0, 0.05) is 39.7 Å². The number of nitrogens with zero attached hydrogens (tertiary/aromatic N) is 4. The molecule has 5 aromatic heterocycles. The van der Waals surface area contributed by atoms with Crippen LogP contribution in [-0.4, -0.2) is 41.8 Å². The predicted octanol–water partition coefficient (Wildman–Crippen LogP) is 6.23. The number of fused-ring (bicyclic) bond motifs is 2. The van der Waals surface area contributed by atoms with E-state index < -0.39 is 0 Å². The predicted molar refractivity (Wildman–Crippen MR) is 151 cm³/mol. The number of benzene rings is 1. The third kappa shape index (κ3) is 4.18. The van der Waals surface area contributed by atoms with Crippen molar-refractivity contribution in [2.75, 3.05) is 5.32 Å². The molecule has 7 rings (SSSR count). The third-order valence-electron chi connectivity index (χ3n) is 7.21. The first-order valence-electron chi connectivity index (χ1n) is 12.7. The van der Waals surface area contributed by atoms with Gasteiger partial charge in [-0.3, -0.25) is 19.7 Å². The maximum Gasteiger partial charge on any atom is 0.227 e. The van der Waals surface area contributed by atoms with Gasteiger partial charge in [0.1, 0.15) is 5.69 Å². The van der Waals surface area contributed by atoms with Crippen LogP contribution in [0.25, 0.3) is 55.2 Å². The SMILES string of the molecule is CC(=O)c1ccc(-c2ccnc3nc(-c4n[nH]c5ccc(-c6cncc(NC(=O)C7CCC7)c6)cc45)[nH]c23)s1. The summed E-state index contributed by atoms with van der Waals surface area (Å²) < 4.78 is 0. The van der Waals surface area contributed by atoms with E-state index in [0.717, 1.165) is 57.2 Å². The van der Waals surface area contributed by atoms with E-state index in [4.69, 9.17) is 4.98 Å². The van der Waals surface area contributed by atoms with Crippen molar-refractivity contribution in [3.8, 4) is 33.1 Å². The number of Topliss-reactive ketones (excluding diaryl/α,β-unsaturated/α-hetero) is 1. The highest BCUT2D eigenvalue weighted by atomic mass is 32.1. The summed E-state index contributed by atoms with van der Waals surface area (Å²) in [6.07, 6.45) is 8.19.